The maximum Gasteiger partial charge on any atom is 0.264 e. The van der Waals surface area contributed by atoms with Crippen LogP contribution < -0.4 is 14.8 Å². The van der Waals surface area contributed by atoms with Crippen molar-refractivity contribution in [3.05, 3.63) is 65.9 Å². The average Bonchev–Trinajstić information content (AvgIpc) is 3.53. The summed E-state index contributed by atoms with van der Waals surface area (Å²) in [4.78, 5) is 17.8. The van der Waals surface area contributed by atoms with Crippen LogP contribution >= 0.6 is 0 Å². The summed E-state index contributed by atoms with van der Waals surface area (Å²) < 4.78 is 10.7. The number of hydrogen-bond donors (Lipinski definition) is 2. The average molecular weight is 404 g/mol. The monoisotopic (exact) mass is 404 g/mol. The van der Waals surface area contributed by atoms with Crippen LogP contribution in [-0.4, -0.2) is 34.7 Å². The smallest absolute Gasteiger partial charge is 0.264 e. The minimum Gasteiger partial charge on any atom is -0.454 e. The van der Waals surface area contributed by atoms with Gasteiger partial charge in [-0.3, -0.25) is 9.89 Å². The van der Waals surface area contributed by atoms with E-state index in [1.165, 1.54) is 0 Å². The van der Waals surface area contributed by atoms with E-state index in [0.29, 0.717) is 19.4 Å². The number of rotatable bonds is 6. The second kappa shape index (κ2) is 7.90. The van der Waals surface area contributed by atoms with Gasteiger partial charge in [0.15, 0.2) is 11.5 Å². The number of fused-ring (bicyclic) bond motifs is 1. The van der Waals surface area contributed by atoms with Crippen molar-refractivity contribution in [1.82, 2.24) is 15.5 Å². The summed E-state index contributed by atoms with van der Waals surface area (Å²) in [6.07, 6.45) is 0.436. The molecule has 0 radical (unpaired) electrons. The zero-order chi connectivity index (χ0) is 20.3. The predicted octanol–water partition coefficient (Wildman–Crippen LogP) is 2.81. The lowest BCUT2D eigenvalue weighted by atomic mass is 10.0. The van der Waals surface area contributed by atoms with Gasteiger partial charge in [-0.05, 0) is 23.8 Å². The van der Waals surface area contributed by atoms with Gasteiger partial charge in [-0.15, -0.1) is 0 Å². The van der Waals surface area contributed by atoms with Crippen molar-refractivity contribution in [1.29, 1.82) is 0 Å². The minimum absolute atomic E-state index is 0.199. The lowest BCUT2D eigenvalue weighted by molar-refractivity contribution is -0.131. The van der Waals surface area contributed by atoms with Crippen LogP contribution in [0.1, 0.15) is 17.7 Å². The van der Waals surface area contributed by atoms with E-state index in [0.717, 1.165) is 39.7 Å². The van der Waals surface area contributed by atoms with Gasteiger partial charge < -0.3 is 19.6 Å². The maximum absolute atomic E-state index is 12.5. The second-order valence-corrected chi connectivity index (χ2v) is 7.18. The fourth-order valence-corrected chi connectivity index (χ4v) is 3.46. The molecule has 2 aliphatic rings. The predicted molar refractivity (Wildman–Crippen MR) is 109 cm³/mol. The first-order valence-electron chi connectivity index (χ1n) is 9.72. The van der Waals surface area contributed by atoms with Crippen LogP contribution in [0.25, 0.3) is 11.3 Å². The summed E-state index contributed by atoms with van der Waals surface area (Å²) in [7, 11) is 0. The summed E-state index contributed by atoms with van der Waals surface area (Å²) in [5.74, 6) is 1.28. The molecule has 0 spiro atoms. The maximum atomic E-state index is 12.5. The van der Waals surface area contributed by atoms with Gasteiger partial charge in [0.25, 0.3) is 5.91 Å². The molecule has 0 aliphatic carbocycles. The number of aromatic amines is 1. The Morgan fingerprint density at radius 3 is 2.87 bits per heavy atom. The molecule has 5 rings (SSSR count). The van der Waals surface area contributed by atoms with Gasteiger partial charge in [0, 0.05) is 18.4 Å². The van der Waals surface area contributed by atoms with Crippen LogP contribution in [0.2, 0.25) is 0 Å². The van der Waals surface area contributed by atoms with Gasteiger partial charge in [-0.2, -0.15) is 5.10 Å². The van der Waals surface area contributed by atoms with E-state index in [9.17, 15) is 4.79 Å². The van der Waals surface area contributed by atoms with Crippen LogP contribution in [0, 0.1) is 0 Å². The zero-order valence-electron chi connectivity index (χ0n) is 16.1. The standard InChI is InChI=1S/C22H20N4O4/c27-22(23-12-17-10-18(25-24-17)15-4-2-1-3-5-15)21-11-16(26-30-21)8-14-6-7-19-20(9-14)29-13-28-19/h1-7,9-10,21H,8,11-13H2,(H,23,27)(H,24,25)/t21-/m0/s1. The van der Waals surface area contributed by atoms with Crippen molar-refractivity contribution in [2.75, 3.05) is 6.79 Å². The SMILES string of the molecule is O=C(NCc1cc(-c2ccccc2)n[nH]1)[C@@H]1CC(Cc2ccc3c(c2)OCO3)=NO1. The van der Waals surface area contributed by atoms with Crippen LogP contribution in [0.4, 0.5) is 0 Å². The Kier molecular flexibility index (Phi) is 4.80. The molecule has 3 heterocycles. The number of nitrogens with zero attached hydrogens (tertiary/aromatic N) is 2. The minimum atomic E-state index is -0.620. The van der Waals surface area contributed by atoms with Crippen molar-refractivity contribution in [3.8, 4) is 22.8 Å². The van der Waals surface area contributed by atoms with Gasteiger partial charge >= 0.3 is 0 Å². The Labute approximate surface area is 172 Å². The van der Waals surface area contributed by atoms with E-state index in [1.807, 2.05) is 54.6 Å². The van der Waals surface area contributed by atoms with Crippen LogP contribution in [-0.2, 0) is 22.6 Å². The van der Waals surface area contributed by atoms with Crippen molar-refractivity contribution >= 4 is 11.6 Å². The van der Waals surface area contributed by atoms with Crippen molar-refractivity contribution in [2.24, 2.45) is 5.16 Å². The number of ether oxygens (including phenoxy) is 2. The molecule has 30 heavy (non-hydrogen) atoms. The molecule has 0 saturated carbocycles. The van der Waals surface area contributed by atoms with Crippen molar-refractivity contribution < 1.29 is 19.1 Å². The molecule has 0 bridgehead atoms. The number of benzene rings is 2. The molecule has 8 heteroatoms. The molecule has 0 fully saturated rings. The molecule has 2 aromatic carbocycles. The fraction of sp³-hybridized carbons (Fsp3) is 0.227. The molecule has 8 nitrogen and oxygen atoms in total. The van der Waals surface area contributed by atoms with Gasteiger partial charge in [-0.1, -0.05) is 41.6 Å². The molecule has 1 atom stereocenters. The van der Waals surface area contributed by atoms with E-state index >= 15 is 0 Å². The highest BCUT2D eigenvalue weighted by Gasteiger charge is 2.28. The third-order valence-electron chi connectivity index (χ3n) is 5.02. The summed E-state index contributed by atoms with van der Waals surface area (Å²) in [6, 6.07) is 17.6. The van der Waals surface area contributed by atoms with Crippen molar-refractivity contribution in [2.45, 2.75) is 25.5 Å². The molecule has 3 aromatic rings. The largest absolute Gasteiger partial charge is 0.454 e. The highest BCUT2D eigenvalue weighted by molar-refractivity contribution is 5.94. The Hall–Kier alpha value is -3.81. The van der Waals surface area contributed by atoms with Crippen LogP contribution in [0.5, 0.6) is 11.5 Å². The number of nitrogens with one attached hydrogen (secondary N) is 2. The highest BCUT2D eigenvalue weighted by atomic mass is 16.7. The molecule has 0 saturated heterocycles. The first-order valence-corrected chi connectivity index (χ1v) is 9.72. The molecular weight excluding hydrogens is 384 g/mol. The van der Waals surface area contributed by atoms with Gasteiger partial charge in [0.1, 0.15) is 0 Å². The Balaban J connectivity index is 1.13. The van der Waals surface area contributed by atoms with Crippen molar-refractivity contribution in [3.63, 3.8) is 0 Å². The Morgan fingerprint density at radius 2 is 1.97 bits per heavy atom. The topological polar surface area (TPSA) is 97.8 Å². The zero-order valence-corrected chi connectivity index (χ0v) is 16.1. The van der Waals surface area contributed by atoms with E-state index in [4.69, 9.17) is 14.3 Å². The van der Waals surface area contributed by atoms with Gasteiger partial charge in [-0.25, -0.2) is 0 Å². The molecule has 2 aliphatic heterocycles. The normalized spacial score (nSPS) is 16.8. The number of oxime groups is 1. The summed E-state index contributed by atoms with van der Waals surface area (Å²) in [5, 5.41) is 14.2. The number of amides is 1. The summed E-state index contributed by atoms with van der Waals surface area (Å²) in [6.45, 7) is 0.588. The van der Waals surface area contributed by atoms with Gasteiger partial charge in [0.2, 0.25) is 12.9 Å². The number of aromatic nitrogens is 2. The fourth-order valence-electron chi connectivity index (χ4n) is 3.46. The number of H-pyrrole nitrogens is 1. The number of hydrogen-bond acceptors (Lipinski definition) is 6. The summed E-state index contributed by atoms with van der Waals surface area (Å²) >= 11 is 0. The number of carbonyl (C=O) groups is 1. The first kappa shape index (κ1) is 18.2. The second-order valence-electron chi connectivity index (χ2n) is 7.18. The molecule has 1 amide bonds. The lowest BCUT2D eigenvalue weighted by Gasteiger charge is -2.08. The molecular formula is C22H20N4O4. The molecule has 0 unspecified atom stereocenters. The first-order chi connectivity index (χ1) is 14.7. The molecule has 1 aromatic heterocycles. The number of carbonyl (C=O) groups excluding carboxylic acids is 1. The van der Waals surface area contributed by atoms with E-state index in [2.05, 4.69) is 20.7 Å². The van der Waals surface area contributed by atoms with E-state index in [-0.39, 0.29) is 12.7 Å². The van der Waals surface area contributed by atoms with E-state index < -0.39 is 6.10 Å². The van der Waals surface area contributed by atoms with Crippen LogP contribution in [0.3, 0.4) is 0 Å². The van der Waals surface area contributed by atoms with E-state index in [1.54, 1.807) is 0 Å². The Bertz CT molecular complexity index is 1090. The summed E-state index contributed by atoms with van der Waals surface area (Å²) in [5.41, 5.74) is 4.54. The molecule has 152 valence electrons. The molecule has 2 N–H and O–H groups in total. The third-order valence-corrected chi connectivity index (χ3v) is 5.02. The Morgan fingerprint density at radius 1 is 1.10 bits per heavy atom. The van der Waals surface area contributed by atoms with Crippen LogP contribution in [0.15, 0.2) is 59.8 Å². The quantitative estimate of drug-likeness (QED) is 0.658. The lowest BCUT2D eigenvalue weighted by Crippen LogP contribution is -2.34. The third kappa shape index (κ3) is 3.84. The highest BCUT2D eigenvalue weighted by Crippen LogP contribution is 2.33. The van der Waals surface area contributed by atoms with Gasteiger partial charge in [0.05, 0.1) is 23.6 Å².